The first kappa shape index (κ1) is 15.1. The Morgan fingerprint density at radius 3 is 2.52 bits per heavy atom. The lowest BCUT2D eigenvalue weighted by Gasteiger charge is -2.00. The van der Waals surface area contributed by atoms with Crippen molar-refractivity contribution in [1.82, 2.24) is 29.1 Å². The summed E-state index contributed by atoms with van der Waals surface area (Å²) >= 11 is 0. The molecule has 0 aliphatic heterocycles. The van der Waals surface area contributed by atoms with Gasteiger partial charge < -0.3 is 4.57 Å². The maximum Gasteiger partial charge on any atom is 0.213 e. The van der Waals surface area contributed by atoms with Crippen LogP contribution in [-0.2, 0) is 7.05 Å². The van der Waals surface area contributed by atoms with Crippen LogP contribution in [0, 0.1) is 25.7 Å². The molecule has 0 aliphatic rings. The molecule has 1 aromatic carbocycles. The van der Waals surface area contributed by atoms with Gasteiger partial charge in [-0.3, -0.25) is 9.38 Å². The van der Waals surface area contributed by atoms with Crippen molar-refractivity contribution in [2.24, 2.45) is 7.05 Å². The summed E-state index contributed by atoms with van der Waals surface area (Å²) in [7, 11) is 1.94. The van der Waals surface area contributed by atoms with Crippen molar-refractivity contribution in [2.45, 2.75) is 13.8 Å². The standard InChI is InChI=1S/C19H16N6/c1-13-11-20-14(2)19-23-22-18(25(13)19)10-9-17-21-16(12-24(17)3)15-7-5-4-6-8-15/h4-8,11-12H,1-3H3. The second-order valence-electron chi connectivity index (χ2n) is 5.84. The fraction of sp³-hybridized carbons (Fsp3) is 0.158. The van der Waals surface area contributed by atoms with E-state index >= 15 is 0 Å². The third-order valence-electron chi connectivity index (χ3n) is 4.02. The van der Waals surface area contributed by atoms with E-state index in [-0.39, 0.29) is 0 Å². The lowest BCUT2D eigenvalue weighted by molar-refractivity contribution is 0.893. The molecule has 0 spiro atoms. The summed E-state index contributed by atoms with van der Waals surface area (Å²) in [5.74, 6) is 7.45. The van der Waals surface area contributed by atoms with Gasteiger partial charge in [0.05, 0.1) is 11.4 Å². The minimum Gasteiger partial charge on any atom is -0.327 e. The van der Waals surface area contributed by atoms with Gasteiger partial charge in [0.1, 0.15) is 0 Å². The Morgan fingerprint density at radius 1 is 0.960 bits per heavy atom. The van der Waals surface area contributed by atoms with Gasteiger partial charge in [-0.05, 0) is 25.7 Å². The van der Waals surface area contributed by atoms with Crippen molar-refractivity contribution in [3.05, 3.63) is 65.8 Å². The maximum atomic E-state index is 4.62. The summed E-state index contributed by atoms with van der Waals surface area (Å²) in [6, 6.07) is 10.0. The summed E-state index contributed by atoms with van der Waals surface area (Å²) in [4.78, 5) is 8.92. The van der Waals surface area contributed by atoms with Crippen LogP contribution >= 0.6 is 0 Å². The van der Waals surface area contributed by atoms with Crippen molar-refractivity contribution in [3.8, 4) is 23.1 Å². The fourth-order valence-corrected chi connectivity index (χ4v) is 2.68. The molecular weight excluding hydrogens is 312 g/mol. The quantitative estimate of drug-likeness (QED) is 0.504. The summed E-state index contributed by atoms with van der Waals surface area (Å²) < 4.78 is 3.83. The van der Waals surface area contributed by atoms with E-state index in [1.807, 2.05) is 66.4 Å². The van der Waals surface area contributed by atoms with Gasteiger partial charge in [-0.2, -0.15) is 0 Å². The Bertz CT molecular complexity index is 1130. The minimum absolute atomic E-state index is 0.585. The van der Waals surface area contributed by atoms with Gasteiger partial charge in [-0.25, -0.2) is 4.98 Å². The van der Waals surface area contributed by atoms with E-state index in [4.69, 9.17) is 0 Å². The van der Waals surface area contributed by atoms with E-state index in [2.05, 4.69) is 32.0 Å². The van der Waals surface area contributed by atoms with E-state index in [0.29, 0.717) is 11.6 Å². The summed E-state index contributed by atoms with van der Waals surface area (Å²) in [6.07, 6.45) is 3.77. The zero-order valence-corrected chi connectivity index (χ0v) is 14.2. The smallest absolute Gasteiger partial charge is 0.213 e. The number of nitrogens with zero attached hydrogens (tertiary/aromatic N) is 6. The molecule has 3 heterocycles. The first-order valence-electron chi connectivity index (χ1n) is 7.91. The van der Waals surface area contributed by atoms with Gasteiger partial charge in [0.25, 0.3) is 0 Å². The lowest BCUT2D eigenvalue weighted by Crippen LogP contribution is -1.99. The monoisotopic (exact) mass is 328 g/mol. The summed E-state index contributed by atoms with van der Waals surface area (Å²) in [5, 5.41) is 8.38. The maximum absolute atomic E-state index is 4.62. The second kappa shape index (κ2) is 5.87. The lowest BCUT2D eigenvalue weighted by atomic mass is 10.2. The van der Waals surface area contributed by atoms with Crippen molar-refractivity contribution in [2.75, 3.05) is 0 Å². The molecule has 0 radical (unpaired) electrons. The number of aryl methyl sites for hydroxylation is 3. The van der Waals surface area contributed by atoms with Crippen molar-refractivity contribution < 1.29 is 0 Å². The van der Waals surface area contributed by atoms with Crippen LogP contribution in [0.15, 0.2) is 42.7 Å². The molecule has 0 unspecified atom stereocenters. The van der Waals surface area contributed by atoms with E-state index in [0.717, 1.165) is 28.3 Å². The van der Waals surface area contributed by atoms with Crippen LogP contribution in [-0.4, -0.2) is 29.1 Å². The highest BCUT2D eigenvalue weighted by Gasteiger charge is 2.09. The molecule has 0 saturated carbocycles. The Balaban J connectivity index is 1.76. The third kappa shape index (κ3) is 2.66. The minimum atomic E-state index is 0.585. The Hall–Kier alpha value is -3.46. The number of aromatic nitrogens is 6. The Morgan fingerprint density at radius 2 is 1.72 bits per heavy atom. The van der Waals surface area contributed by atoms with Crippen LogP contribution < -0.4 is 0 Å². The first-order valence-corrected chi connectivity index (χ1v) is 7.91. The highest BCUT2D eigenvalue weighted by molar-refractivity contribution is 5.59. The zero-order valence-electron chi connectivity index (χ0n) is 14.2. The molecule has 0 atom stereocenters. The number of imidazole rings is 1. The van der Waals surface area contributed by atoms with Gasteiger partial charge in [0, 0.05) is 30.7 Å². The van der Waals surface area contributed by atoms with Crippen LogP contribution in [0.3, 0.4) is 0 Å². The Kier molecular flexibility index (Phi) is 3.55. The topological polar surface area (TPSA) is 60.9 Å². The molecule has 0 saturated heterocycles. The molecule has 0 amide bonds. The number of fused-ring (bicyclic) bond motifs is 1. The SMILES string of the molecule is Cc1ncc(C)n2c(C#Cc3nc(-c4ccccc4)cn3C)nnc12. The van der Waals surface area contributed by atoms with E-state index in [9.17, 15) is 0 Å². The molecule has 25 heavy (non-hydrogen) atoms. The molecule has 4 rings (SSSR count). The largest absolute Gasteiger partial charge is 0.327 e. The number of hydrogen-bond donors (Lipinski definition) is 0. The average molecular weight is 328 g/mol. The predicted molar refractivity (Wildman–Crippen MR) is 94.9 cm³/mol. The van der Waals surface area contributed by atoms with Crippen LogP contribution in [0.2, 0.25) is 0 Å². The van der Waals surface area contributed by atoms with Crippen LogP contribution in [0.5, 0.6) is 0 Å². The zero-order chi connectivity index (χ0) is 17.4. The van der Waals surface area contributed by atoms with Crippen molar-refractivity contribution in [1.29, 1.82) is 0 Å². The molecule has 3 aromatic heterocycles. The number of rotatable bonds is 1. The van der Waals surface area contributed by atoms with Gasteiger partial charge in [-0.15, -0.1) is 10.2 Å². The normalized spacial score (nSPS) is 10.7. The Labute approximate surface area is 145 Å². The predicted octanol–water partition coefficient (Wildman–Crippen LogP) is 2.54. The highest BCUT2D eigenvalue weighted by atomic mass is 15.3. The summed E-state index contributed by atoms with van der Waals surface area (Å²) in [6.45, 7) is 3.87. The molecule has 6 heteroatoms. The average Bonchev–Trinajstić information content (AvgIpc) is 3.22. The molecule has 6 nitrogen and oxygen atoms in total. The van der Waals surface area contributed by atoms with Crippen LogP contribution in [0.25, 0.3) is 16.9 Å². The number of benzene rings is 1. The van der Waals surface area contributed by atoms with E-state index in [1.54, 1.807) is 6.20 Å². The van der Waals surface area contributed by atoms with Crippen LogP contribution in [0.4, 0.5) is 0 Å². The molecule has 0 N–H and O–H groups in total. The molecule has 0 aliphatic carbocycles. The van der Waals surface area contributed by atoms with Gasteiger partial charge >= 0.3 is 0 Å². The molecule has 0 fully saturated rings. The second-order valence-corrected chi connectivity index (χ2v) is 5.84. The van der Waals surface area contributed by atoms with Crippen molar-refractivity contribution >= 4 is 5.65 Å². The molecular formula is C19H16N6. The van der Waals surface area contributed by atoms with E-state index in [1.165, 1.54) is 0 Å². The third-order valence-corrected chi connectivity index (χ3v) is 4.02. The first-order chi connectivity index (χ1) is 12.1. The van der Waals surface area contributed by atoms with Crippen molar-refractivity contribution in [3.63, 3.8) is 0 Å². The summed E-state index contributed by atoms with van der Waals surface area (Å²) in [5.41, 5.74) is 4.47. The molecule has 0 bridgehead atoms. The van der Waals surface area contributed by atoms with Gasteiger partial charge in [-0.1, -0.05) is 30.3 Å². The van der Waals surface area contributed by atoms with Gasteiger partial charge in [0.2, 0.25) is 5.82 Å². The van der Waals surface area contributed by atoms with E-state index < -0.39 is 0 Å². The number of hydrogen-bond acceptors (Lipinski definition) is 4. The van der Waals surface area contributed by atoms with Gasteiger partial charge in [0.15, 0.2) is 11.5 Å². The fourth-order valence-electron chi connectivity index (χ4n) is 2.68. The molecule has 122 valence electrons. The molecule has 4 aromatic rings. The highest BCUT2D eigenvalue weighted by Crippen LogP contribution is 2.17. The van der Waals surface area contributed by atoms with Crippen LogP contribution in [0.1, 0.15) is 23.0 Å².